The Morgan fingerprint density at radius 3 is 1.09 bits per heavy atom. The lowest BCUT2D eigenvalue weighted by atomic mass is 10.1. The zero-order valence-electron chi connectivity index (χ0n) is 36.5. The van der Waals surface area contributed by atoms with E-state index in [0.717, 1.165) is 0 Å². The molecule has 0 bridgehead atoms. The molecule has 0 heterocycles. The first kappa shape index (κ1) is 51.6. The van der Waals surface area contributed by atoms with Crippen LogP contribution >= 0.6 is 15.2 Å². The van der Waals surface area contributed by atoms with E-state index in [1.807, 2.05) is 0 Å². The highest BCUT2D eigenvalue weighted by atomic mass is 32.2. The fraction of sp³-hybridized carbons (Fsp3) is 0.286. The second-order valence-corrected chi connectivity index (χ2v) is 19.2. The molecule has 4 rings (SSSR count). The van der Waals surface area contributed by atoms with Crippen LogP contribution < -0.4 is 48.5 Å². The lowest BCUT2D eigenvalue weighted by molar-refractivity contribution is -0.115. The van der Waals surface area contributed by atoms with Crippen molar-refractivity contribution in [2.24, 2.45) is 0 Å². The molecule has 0 fully saturated rings. The Morgan fingerprint density at radius 2 is 0.831 bits per heavy atom. The van der Waals surface area contributed by atoms with E-state index in [4.69, 9.17) is 37.9 Å². The minimum atomic E-state index is -4.83. The molecule has 0 aliphatic carbocycles. The molecule has 0 aliphatic rings. The molecular formula is C42H50N2O18P2S. The molecule has 0 aromatic heterocycles. The summed E-state index contributed by atoms with van der Waals surface area (Å²) in [5.41, 5.74) is 0.355. The molecule has 0 spiro atoms. The third-order valence-corrected chi connectivity index (χ3v) is 13.1. The van der Waals surface area contributed by atoms with Gasteiger partial charge in [-0.05, 0) is 47.5 Å². The van der Waals surface area contributed by atoms with Gasteiger partial charge in [-0.25, -0.2) is 8.42 Å². The summed E-state index contributed by atoms with van der Waals surface area (Å²) in [4.78, 5) is 63.6. The molecule has 352 valence electrons. The van der Waals surface area contributed by atoms with Gasteiger partial charge in [0, 0.05) is 24.3 Å². The van der Waals surface area contributed by atoms with Crippen molar-refractivity contribution < 1.29 is 84.6 Å². The van der Waals surface area contributed by atoms with Gasteiger partial charge < -0.3 is 68.1 Å². The van der Waals surface area contributed by atoms with Crippen molar-refractivity contribution in [2.75, 3.05) is 79.8 Å². The third-order valence-electron chi connectivity index (χ3n) is 9.44. The van der Waals surface area contributed by atoms with E-state index in [2.05, 4.69) is 10.6 Å². The van der Waals surface area contributed by atoms with Crippen LogP contribution in [0.3, 0.4) is 0 Å². The van der Waals surface area contributed by atoms with E-state index in [1.165, 1.54) is 118 Å². The van der Waals surface area contributed by atoms with Crippen molar-refractivity contribution in [3.05, 3.63) is 95.1 Å². The van der Waals surface area contributed by atoms with E-state index in [1.54, 1.807) is 24.3 Å². The molecule has 20 nitrogen and oxygen atoms in total. The van der Waals surface area contributed by atoms with E-state index >= 15 is 8.42 Å². The number of rotatable bonds is 22. The van der Waals surface area contributed by atoms with Crippen molar-refractivity contribution in [3.63, 3.8) is 0 Å². The molecule has 2 atom stereocenters. The van der Waals surface area contributed by atoms with Gasteiger partial charge >= 0.3 is 15.2 Å². The van der Waals surface area contributed by atoms with Crippen LogP contribution in [-0.4, -0.2) is 109 Å². The van der Waals surface area contributed by atoms with Crippen molar-refractivity contribution >= 4 is 60.4 Å². The van der Waals surface area contributed by atoms with Crippen LogP contribution in [0.4, 0.5) is 11.4 Å². The van der Waals surface area contributed by atoms with Gasteiger partial charge in [0.05, 0.1) is 79.4 Å². The molecule has 65 heavy (non-hydrogen) atoms. The topological polar surface area (TPSA) is 281 Å². The first-order chi connectivity index (χ1) is 30.6. The van der Waals surface area contributed by atoms with Crippen LogP contribution in [0, 0.1) is 0 Å². The Morgan fingerprint density at radius 1 is 0.523 bits per heavy atom. The predicted octanol–water partition coefficient (Wildman–Crippen LogP) is 5.61. The molecule has 0 radical (unpaired) electrons. The van der Waals surface area contributed by atoms with Gasteiger partial charge in [-0.3, -0.25) is 18.7 Å². The van der Waals surface area contributed by atoms with Gasteiger partial charge in [0.15, 0.2) is 9.84 Å². The number of carbonyl (C=O) groups is 2. The molecule has 6 N–H and O–H groups in total. The molecule has 2 unspecified atom stereocenters. The molecule has 0 saturated carbocycles. The fourth-order valence-electron chi connectivity index (χ4n) is 6.49. The molecule has 0 aliphatic heterocycles. The van der Waals surface area contributed by atoms with Gasteiger partial charge in [-0.1, -0.05) is 24.3 Å². The standard InChI is InChI=1S/C42H50N2O18P2S/c1-55-27-19-35(59-5)29(36(20-27)60-6)11-15-39(25-9-13-33(57-3)31(17-25)43-41(45)23-63(47,48)49)65(53,54)40(16-12-30-37(61-7)21-28(56-2)22-38(30)62-8)26-10-14-34(58-4)32(18-26)44-42(46)24-64(50,51)52/h9-22,39-40H,23-24H2,1-8H3,(H,43,45)(H,44,46)(H2,47,48,49)(H2,50,51,52). The number of hydrogen-bond acceptors (Lipinski definition) is 14. The predicted molar refractivity (Wildman–Crippen MR) is 242 cm³/mol. The van der Waals surface area contributed by atoms with Crippen LogP contribution in [0.2, 0.25) is 0 Å². The number of sulfone groups is 1. The Balaban J connectivity index is 2.11. The average molecular weight is 965 g/mol. The number of hydrogen-bond donors (Lipinski definition) is 6. The van der Waals surface area contributed by atoms with Gasteiger partial charge in [0.25, 0.3) is 0 Å². The fourth-order valence-corrected chi connectivity index (χ4v) is 9.36. The van der Waals surface area contributed by atoms with Gasteiger partial charge in [0.2, 0.25) is 11.8 Å². The molecular weight excluding hydrogens is 914 g/mol. The summed E-state index contributed by atoms with van der Waals surface area (Å²) < 4.78 is 99.0. The van der Waals surface area contributed by atoms with Crippen molar-refractivity contribution in [2.45, 2.75) is 10.5 Å². The summed E-state index contributed by atoms with van der Waals surface area (Å²) in [6.07, 6.45) is 3.16. The van der Waals surface area contributed by atoms with Crippen LogP contribution in [0.1, 0.15) is 32.8 Å². The van der Waals surface area contributed by atoms with E-state index in [9.17, 15) is 38.3 Å². The molecule has 0 saturated heterocycles. The van der Waals surface area contributed by atoms with Gasteiger partial charge in [-0.15, -0.1) is 0 Å². The Labute approximate surface area is 375 Å². The number of ether oxygens (including phenoxy) is 8. The summed E-state index contributed by atoms with van der Waals surface area (Å²) in [5, 5.41) is 1.44. The maximum absolute atomic E-state index is 15.7. The van der Waals surface area contributed by atoms with E-state index < -0.39 is 59.7 Å². The molecule has 4 aromatic rings. The summed E-state index contributed by atoms with van der Waals surface area (Å²) in [5.74, 6) is -0.488. The lowest BCUT2D eigenvalue weighted by Crippen LogP contribution is -2.21. The lowest BCUT2D eigenvalue weighted by Gasteiger charge is -2.24. The Kier molecular flexibility index (Phi) is 17.6. The SMILES string of the molecule is COc1cc(OC)c(C=CC(c2ccc(OC)c(NC(=O)CP(=O)(O)O)c2)S(=O)(=O)C(C=Cc2c(OC)cc(OC)cc2OC)c2ccc(OC)c(NC(=O)CP(=O)(O)O)c2)c(OC)c1. The zero-order chi connectivity index (χ0) is 48.3. The minimum Gasteiger partial charge on any atom is -0.496 e. The highest BCUT2D eigenvalue weighted by molar-refractivity contribution is 7.92. The quantitative estimate of drug-likeness (QED) is 0.0522. The highest BCUT2D eigenvalue weighted by Crippen LogP contribution is 2.45. The average Bonchev–Trinajstić information content (AvgIpc) is 3.24. The number of benzene rings is 4. The van der Waals surface area contributed by atoms with Gasteiger partial charge in [0.1, 0.15) is 68.8 Å². The molecule has 2 amide bonds. The number of carbonyl (C=O) groups excluding carboxylic acids is 2. The van der Waals surface area contributed by atoms with Crippen LogP contribution in [0.25, 0.3) is 12.2 Å². The summed E-state index contributed by atoms with van der Waals surface area (Å²) in [7, 11) is -3.45. The Bertz CT molecular complexity index is 2420. The second kappa shape index (κ2) is 22.2. The zero-order valence-corrected chi connectivity index (χ0v) is 39.1. The number of methoxy groups -OCH3 is 8. The first-order valence-corrected chi connectivity index (χ1v) is 24.1. The summed E-state index contributed by atoms with van der Waals surface area (Å²) in [6, 6.07) is 14.3. The van der Waals surface area contributed by atoms with Crippen LogP contribution in [0.5, 0.6) is 46.0 Å². The summed E-state index contributed by atoms with van der Waals surface area (Å²) >= 11 is 0. The number of amides is 2. The van der Waals surface area contributed by atoms with E-state index in [-0.39, 0.29) is 57.0 Å². The first-order valence-electron chi connectivity index (χ1n) is 18.9. The Hall–Kier alpha value is -6.05. The number of nitrogens with one attached hydrogen (secondary N) is 2. The van der Waals surface area contributed by atoms with Crippen LogP contribution in [0.15, 0.2) is 72.8 Å². The number of anilines is 2. The van der Waals surface area contributed by atoms with Crippen molar-refractivity contribution in [1.29, 1.82) is 0 Å². The van der Waals surface area contributed by atoms with Crippen molar-refractivity contribution in [3.8, 4) is 46.0 Å². The van der Waals surface area contributed by atoms with Crippen LogP contribution in [-0.2, 0) is 28.6 Å². The van der Waals surface area contributed by atoms with E-state index in [0.29, 0.717) is 22.6 Å². The maximum atomic E-state index is 15.7. The molecule has 23 heteroatoms. The minimum absolute atomic E-state index is 0.0154. The highest BCUT2D eigenvalue weighted by Gasteiger charge is 2.36. The summed E-state index contributed by atoms with van der Waals surface area (Å²) in [6.45, 7) is 0. The van der Waals surface area contributed by atoms with Gasteiger partial charge in [-0.2, -0.15) is 0 Å². The maximum Gasteiger partial charge on any atom is 0.334 e. The largest absolute Gasteiger partial charge is 0.496 e. The smallest absolute Gasteiger partial charge is 0.334 e. The normalized spacial score (nSPS) is 12.9. The molecule has 4 aromatic carbocycles. The third kappa shape index (κ3) is 13.5. The monoisotopic (exact) mass is 964 g/mol. The second-order valence-electron chi connectivity index (χ2n) is 13.7. The van der Waals surface area contributed by atoms with Crippen molar-refractivity contribution in [1.82, 2.24) is 0 Å².